The van der Waals surface area contributed by atoms with Crippen molar-refractivity contribution in [3.63, 3.8) is 0 Å². The first-order valence-electron chi connectivity index (χ1n) is 12.5. The molecule has 32 heavy (non-hydrogen) atoms. The molecule has 1 aromatic rings. The molecule has 0 aromatic heterocycles. The lowest BCUT2D eigenvalue weighted by Gasteiger charge is -2.44. The lowest BCUT2D eigenvalue weighted by atomic mass is 9.73. The Morgan fingerprint density at radius 3 is 2.34 bits per heavy atom. The number of rotatable bonds is 10. The summed E-state index contributed by atoms with van der Waals surface area (Å²) in [6, 6.07) is 8.26. The van der Waals surface area contributed by atoms with Crippen molar-refractivity contribution in [2.24, 2.45) is 23.2 Å². The van der Waals surface area contributed by atoms with Crippen LogP contribution in [0.1, 0.15) is 71.6 Å². The second-order valence-electron chi connectivity index (χ2n) is 12.4. The van der Waals surface area contributed by atoms with E-state index in [-0.39, 0.29) is 41.1 Å². The molecule has 2 fully saturated rings. The van der Waals surface area contributed by atoms with Gasteiger partial charge in [-0.05, 0) is 59.9 Å². The number of hydrogen-bond acceptors (Lipinski definition) is 4. The van der Waals surface area contributed by atoms with Crippen LogP contribution in [0.3, 0.4) is 0 Å². The molecule has 0 amide bonds. The Bertz CT molecular complexity index is 773. The fraction of sp³-hybridized carbons (Fsp3) is 0.778. The Morgan fingerprint density at radius 1 is 1.09 bits per heavy atom. The Labute approximate surface area is 196 Å². The maximum Gasteiger partial charge on any atom is 0.192 e. The first-order chi connectivity index (χ1) is 14.8. The first-order valence-corrected chi connectivity index (χ1v) is 15.4. The smallest absolute Gasteiger partial charge is 0.192 e. The van der Waals surface area contributed by atoms with E-state index in [2.05, 4.69) is 72.8 Å². The fourth-order valence-corrected chi connectivity index (χ4v) is 8.02. The normalized spacial score (nSPS) is 27.3. The first kappa shape index (κ1) is 25.9. The molecule has 1 aromatic carbocycles. The summed E-state index contributed by atoms with van der Waals surface area (Å²) in [4.78, 5) is 0. The van der Waals surface area contributed by atoms with Crippen LogP contribution >= 0.6 is 0 Å². The van der Waals surface area contributed by atoms with Gasteiger partial charge in [0.05, 0.1) is 18.3 Å². The second kappa shape index (κ2) is 9.50. The summed E-state index contributed by atoms with van der Waals surface area (Å²) in [7, 11) is -1.89. The number of hydrogen-bond donors (Lipinski definition) is 2. The molecule has 0 unspecified atom stereocenters. The van der Waals surface area contributed by atoms with Gasteiger partial charge in [0.15, 0.2) is 8.32 Å². The molecule has 3 rings (SSSR count). The zero-order valence-electron chi connectivity index (χ0n) is 21.5. The van der Waals surface area contributed by atoms with Crippen molar-refractivity contribution in [1.82, 2.24) is 0 Å². The molecule has 0 aliphatic carbocycles. The second-order valence-corrected chi connectivity index (χ2v) is 17.0. The number of fused-ring (bicyclic) bond motifs is 2. The van der Waals surface area contributed by atoms with Crippen LogP contribution in [0.5, 0.6) is 0 Å². The highest BCUT2D eigenvalue weighted by molar-refractivity contribution is 6.74. The quantitative estimate of drug-likeness (QED) is 0.436. The van der Waals surface area contributed by atoms with E-state index in [0.717, 1.165) is 24.8 Å². The maximum absolute atomic E-state index is 11.4. The van der Waals surface area contributed by atoms with Crippen molar-refractivity contribution in [3.05, 3.63) is 35.4 Å². The molecule has 0 spiro atoms. The molecule has 2 aliphatic rings. The van der Waals surface area contributed by atoms with Gasteiger partial charge >= 0.3 is 0 Å². The molecule has 182 valence electrons. The average Bonchev–Trinajstić information content (AvgIpc) is 3.33. The van der Waals surface area contributed by atoms with Gasteiger partial charge in [-0.3, -0.25) is 0 Å². The average molecular weight is 463 g/mol. The number of aliphatic hydroxyl groups is 2. The van der Waals surface area contributed by atoms with Crippen molar-refractivity contribution >= 4 is 8.32 Å². The number of benzene rings is 1. The molecular weight excluding hydrogens is 416 g/mol. The maximum atomic E-state index is 11.4. The summed E-state index contributed by atoms with van der Waals surface area (Å²) in [6.45, 7) is 19.3. The van der Waals surface area contributed by atoms with Gasteiger partial charge in [-0.1, -0.05) is 65.8 Å². The zero-order valence-corrected chi connectivity index (χ0v) is 22.5. The van der Waals surface area contributed by atoms with Gasteiger partial charge in [0.1, 0.15) is 0 Å². The fourth-order valence-electron chi connectivity index (χ4n) is 5.50. The molecule has 2 heterocycles. The van der Waals surface area contributed by atoms with Crippen molar-refractivity contribution in [3.8, 4) is 0 Å². The van der Waals surface area contributed by atoms with Gasteiger partial charge in [0.25, 0.3) is 0 Å². The van der Waals surface area contributed by atoms with E-state index in [4.69, 9.17) is 9.16 Å². The Hall–Kier alpha value is -0.723. The largest absolute Gasteiger partial charge is 0.416 e. The summed E-state index contributed by atoms with van der Waals surface area (Å²) < 4.78 is 12.8. The van der Waals surface area contributed by atoms with Gasteiger partial charge in [-0.2, -0.15) is 0 Å². The third kappa shape index (κ3) is 5.02. The van der Waals surface area contributed by atoms with Gasteiger partial charge < -0.3 is 19.4 Å². The molecule has 0 saturated carbocycles. The van der Waals surface area contributed by atoms with E-state index in [1.165, 1.54) is 5.56 Å². The van der Waals surface area contributed by atoms with Crippen LogP contribution in [-0.2, 0) is 15.6 Å². The highest BCUT2D eigenvalue weighted by atomic mass is 28.4. The van der Waals surface area contributed by atoms with Gasteiger partial charge in [-0.25, -0.2) is 0 Å². The molecule has 2 aliphatic heterocycles. The van der Waals surface area contributed by atoms with E-state index >= 15 is 0 Å². The van der Waals surface area contributed by atoms with Crippen LogP contribution in [0.25, 0.3) is 0 Å². The van der Waals surface area contributed by atoms with Crippen LogP contribution < -0.4 is 0 Å². The van der Waals surface area contributed by atoms with Crippen molar-refractivity contribution in [2.45, 2.75) is 97.2 Å². The predicted octanol–water partition coefficient (Wildman–Crippen LogP) is 5.73. The highest BCUT2D eigenvalue weighted by Crippen LogP contribution is 2.49. The van der Waals surface area contributed by atoms with Crippen LogP contribution in [0.15, 0.2) is 24.3 Å². The van der Waals surface area contributed by atoms with Crippen LogP contribution in [0.2, 0.25) is 18.1 Å². The molecule has 2 N–H and O–H groups in total. The summed E-state index contributed by atoms with van der Waals surface area (Å²) in [6.07, 6.45) is 2.37. The highest BCUT2D eigenvalue weighted by Gasteiger charge is 2.52. The van der Waals surface area contributed by atoms with E-state index in [0.29, 0.717) is 12.5 Å². The predicted molar refractivity (Wildman–Crippen MR) is 133 cm³/mol. The number of ether oxygens (including phenoxy) is 1. The SMILES string of the molecule is CC(C)C(C)(C)[Si](C)(C)OCC(C)(C)Cc1ccccc1[C@H](O)[C@@H]1[C@H](CO)[C@H]2CC[C@@H]1O2. The van der Waals surface area contributed by atoms with E-state index in [1.807, 2.05) is 6.07 Å². The molecule has 5 heteroatoms. The number of aliphatic hydroxyl groups excluding tert-OH is 2. The third-order valence-corrected chi connectivity index (χ3v) is 13.5. The van der Waals surface area contributed by atoms with Crippen molar-refractivity contribution < 1.29 is 19.4 Å². The molecule has 2 bridgehead atoms. The summed E-state index contributed by atoms with van der Waals surface area (Å²) in [5.74, 6) is 0.572. The minimum atomic E-state index is -1.89. The molecule has 0 radical (unpaired) electrons. The Balaban J connectivity index is 1.74. The molecule has 4 nitrogen and oxygen atoms in total. The van der Waals surface area contributed by atoms with Crippen molar-refractivity contribution in [1.29, 1.82) is 0 Å². The van der Waals surface area contributed by atoms with E-state index in [1.54, 1.807) is 0 Å². The zero-order chi connectivity index (χ0) is 23.9. The summed E-state index contributed by atoms with van der Waals surface area (Å²) in [5.41, 5.74) is 2.11. The molecule has 5 atom stereocenters. The van der Waals surface area contributed by atoms with Gasteiger partial charge in [0.2, 0.25) is 0 Å². The van der Waals surface area contributed by atoms with Crippen LogP contribution in [0.4, 0.5) is 0 Å². The third-order valence-electron chi connectivity index (χ3n) is 8.92. The van der Waals surface area contributed by atoms with Crippen molar-refractivity contribution in [2.75, 3.05) is 13.2 Å². The Kier molecular flexibility index (Phi) is 7.68. The van der Waals surface area contributed by atoms with E-state index < -0.39 is 14.4 Å². The van der Waals surface area contributed by atoms with E-state index in [9.17, 15) is 10.2 Å². The summed E-state index contributed by atoms with van der Waals surface area (Å²) in [5, 5.41) is 21.6. The van der Waals surface area contributed by atoms with Crippen LogP contribution in [0, 0.1) is 23.2 Å². The standard InChI is InChI=1S/C27H46O4Si/c1-18(2)27(5,6)32(7,8)30-17-26(3,4)15-19-11-9-10-12-20(19)25(29)24-21(16-28)22-13-14-23(24)31-22/h9-12,18,21-25,28-29H,13-17H2,1-8H3/t21-,22-,23+,24-,25+/m1/s1. The van der Waals surface area contributed by atoms with Gasteiger partial charge in [0, 0.05) is 25.0 Å². The lowest BCUT2D eigenvalue weighted by molar-refractivity contribution is 0.0295. The minimum Gasteiger partial charge on any atom is -0.416 e. The minimum absolute atomic E-state index is 0.0261. The topological polar surface area (TPSA) is 58.9 Å². The van der Waals surface area contributed by atoms with Gasteiger partial charge in [-0.15, -0.1) is 0 Å². The monoisotopic (exact) mass is 462 g/mol. The summed E-state index contributed by atoms with van der Waals surface area (Å²) >= 11 is 0. The van der Waals surface area contributed by atoms with Crippen LogP contribution in [-0.4, -0.2) is 44.0 Å². The molecule has 2 saturated heterocycles. The Morgan fingerprint density at radius 2 is 1.72 bits per heavy atom. The molecular formula is C27H46O4Si. The lowest BCUT2D eigenvalue weighted by Crippen LogP contribution is -2.47.